The Kier molecular flexibility index (Phi) is 4.81. The summed E-state index contributed by atoms with van der Waals surface area (Å²) in [5.41, 5.74) is 5.17. The summed E-state index contributed by atoms with van der Waals surface area (Å²) in [6.07, 6.45) is 1.03. The maximum Gasteiger partial charge on any atom is 0.304 e. The van der Waals surface area contributed by atoms with Gasteiger partial charge in [-0.1, -0.05) is 18.3 Å². The molecule has 0 spiro atoms. The summed E-state index contributed by atoms with van der Waals surface area (Å²) in [5, 5.41) is 10.7. The number of thiophene rings is 1. The van der Waals surface area contributed by atoms with Crippen LogP contribution in [0, 0.1) is 10.1 Å². The van der Waals surface area contributed by atoms with E-state index in [1.54, 1.807) is 0 Å². The molecule has 0 unspecified atom stereocenters. The minimum absolute atomic E-state index is 0.0596. The van der Waals surface area contributed by atoms with E-state index in [0.717, 1.165) is 30.4 Å². The van der Waals surface area contributed by atoms with Gasteiger partial charge in [0, 0.05) is 32.2 Å². The van der Waals surface area contributed by atoms with E-state index in [0.29, 0.717) is 26.2 Å². The van der Waals surface area contributed by atoms with E-state index in [2.05, 4.69) is 11.8 Å². The minimum atomic E-state index is -3.69. The molecule has 1 aromatic heterocycles. The SMILES string of the molecule is CCCN1CCN(S(=O)(=O)c2cc([N+](=O)[O-])c(N)s2)CC1. The van der Waals surface area contributed by atoms with Crippen molar-refractivity contribution in [3.05, 3.63) is 16.2 Å². The first-order valence-corrected chi connectivity index (χ1v) is 8.88. The predicted octanol–water partition coefficient (Wildman–Crippen LogP) is 0.955. The molecule has 0 aliphatic carbocycles. The number of nitrogen functional groups attached to an aromatic ring is 1. The van der Waals surface area contributed by atoms with Gasteiger partial charge in [-0.2, -0.15) is 4.31 Å². The van der Waals surface area contributed by atoms with E-state index in [4.69, 9.17) is 5.73 Å². The molecule has 21 heavy (non-hydrogen) atoms. The van der Waals surface area contributed by atoms with Gasteiger partial charge in [-0.25, -0.2) is 8.42 Å². The standard InChI is InChI=1S/C11H18N4O4S2/c1-2-3-13-4-6-14(7-5-13)21(18,19)10-8-9(15(16)17)11(12)20-10/h8H,2-7,12H2,1H3. The summed E-state index contributed by atoms with van der Waals surface area (Å²) in [4.78, 5) is 12.3. The van der Waals surface area contributed by atoms with E-state index in [-0.39, 0.29) is 14.9 Å². The topological polar surface area (TPSA) is 110 Å². The molecule has 118 valence electrons. The van der Waals surface area contributed by atoms with E-state index in [1.807, 2.05) is 0 Å². The van der Waals surface area contributed by atoms with E-state index < -0.39 is 14.9 Å². The fourth-order valence-corrected chi connectivity index (χ4v) is 5.07. The van der Waals surface area contributed by atoms with Crippen LogP contribution in [0.5, 0.6) is 0 Å². The van der Waals surface area contributed by atoms with Gasteiger partial charge in [-0.3, -0.25) is 10.1 Å². The van der Waals surface area contributed by atoms with E-state index >= 15 is 0 Å². The fourth-order valence-electron chi connectivity index (χ4n) is 2.28. The average molecular weight is 334 g/mol. The molecule has 10 heteroatoms. The van der Waals surface area contributed by atoms with Crippen LogP contribution >= 0.6 is 11.3 Å². The van der Waals surface area contributed by atoms with Gasteiger partial charge < -0.3 is 10.6 Å². The lowest BCUT2D eigenvalue weighted by Crippen LogP contribution is -2.48. The molecule has 1 fully saturated rings. The zero-order chi connectivity index (χ0) is 15.6. The zero-order valence-corrected chi connectivity index (χ0v) is 13.3. The normalized spacial score (nSPS) is 18.0. The first-order valence-electron chi connectivity index (χ1n) is 6.62. The van der Waals surface area contributed by atoms with Crippen molar-refractivity contribution in [3.8, 4) is 0 Å². The van der Waals surface area contributed by atoms with Gasteiger partial charge in [0.05, 0.1) is 4.92 Å². The molecule has 2 rings (SSSR count). The van der Waals surface area contributed by atoms with Gasteiger partial charge in [0.15, 0.2) is 5.00 Å². The van der Waals surface area contributed by atoms with Crippen LogP contribution in [0.15, 0.2) is 10.3 Å². The quantitative estimate of drug-likeness (QED) is 0.634. The third-order valence-electron chi connectivity index (χ3n) is 3.38. The highest BCUT2D eigenvalue weighted by Gasteiger charge is 2.32. The Balaban J connectivity index is 2.16. The number of rotatable bonds is 5. The molecule has 2 N–H and O–H groups in total. The number of hydrogen-bond donors (Lipinski definition) is 1. The fraction of sp³-hybridized carbons (Fsp3) is 0.636. The molecule has 0 atom stereocenters. The summed E-state index contributed by atoms with van der Waals surface area (Å²) in [6.45, 7) is 5.18. The highest BCUT2D eigenvalue weighted by Crippen LogP contribution is 2.35. The summed E-state index contributed by atoms with van der Waals surface area (Å²) < 4.78 is 26.3. The molecule has 8 nitrogen and oxygen atoms in total. The summed E-state index contributed by atoms with van der Waals surface area (Å²) >= 11 is 0.747. The van der Waals surface area contributed by atoms with Crippen LogP contribution in [0.1, 0.15) is 13.3 Å². The van der Waals surface area contributed by atoms with Crippen molar-refractivity contribution in [2.24, 2.45) is 0 Å². The van der Waals surface area contributed by atoms with Crippen molar-refractivity contribution in [2.45, 2.75) is 17.6 Å². The van der Waals surface area contributed by atoms with Crippen LogP contribution in [-0.4, -0.2) is 55.3 Å². The van der Waals surface area contributed by atoms with E-state index in [9.17, 15) is 18.5 Å². The molecular formula is C11H18N4O4S2. The summed E-state index contributed by atoms with van der Waals surface area (Å²) in [5.74, 6) is 0. The number of nitrogens with two attached hydrogens (primary N) is 1. The molecule has 0 bridgehead atoms. The first kappa shape index (κ1) is 16.1. The van der Waals surface area contributed by atoms with Crippen molar-refractivity contribution in [3.63, 3.8) is 0 Å². The Morgan fingerprint density at radius 2 is 2.00 bits per heavy atom. The third kappa shape index (κ3) is 3.34. The highest BCUT2D eigenvalue weighted by atomic mass is 32.2. The number of nitro groups is 1. The molecule has 1 aliphatic heterocycles. The Morgan fingerprint density at radius 3 is 2.48 bits per heavy atom. The minimum Gasteiger partial charge on any atom is -0.385 e. The largest absolute Gasteiger partial charge is 0.385 e. The van der Waals surface area contributed by atoms with Crippen LogP contribution in [0.3, 0.4) is 0 Å². The Hall–Kier alpha value is -1.23. The smallest absolute Gasteiger partial charge is 0.304 e. The molecule has 0 aromatic carbocycles. The average Bonchev–Trinajstić information content (AvgIpc) is 2.83. The second-order valence-electron chi connectivity index (χ2n) is 4.82. The van der Waals surface area contributed by atoms with Crippen LogP contribution in [0.2, 0.25) is 0 Å². The van der Waals surface area contributed by atoms with Crippen molar-refractivity contribution in [1.82, 2.24) is 9.21 Å². The van der Waals surface area contributed by atoms with E-state index in [1.165, 1.54) is 4.31 Å². The van der Waals surface area contributed by atoms with Crippen molar-refractivity contribution in [1.29, 1.82) is 0 Å². The highest BCUT2D eigenvalue weighted by molar-refractivity contribution is 7.91. The monoisotopic (exact) mass is 334 g/mol. The maximum atomic E-state index is 12.5. The number of sulfonamides is 1. The van der Waals surface area contributed by atoms with Gasteiger partial charge in [0.25, 0.3) is 10.0 Å². The van der Waals surface area contributed by atoms with Crippen LogP contribution in [-0.2, 0) is 10.0 Å². The van der Waals surface area contributed by atoms with Crippen LogP contribution < -0.4 is 5.73 Å². The van der Waals surface area contributed by atoms with Crippen molar-refractivity contribution < 1.29 is 13.3 Å². The first-order chi connectivity index (χ1) is 9.86. The number of hydrogen-bond acceptors (Lipinski definition) is 7. The second kappa shape index (κ2) is 6.26. The Morgan fingerprint density at radius 1 is 1.38 bits per heavy atom. The van der Waals surface area contributed by atoms with Crippen molar-refractivity contribution >= 4 is 32.0 Å². The van der Waals surface area contributed by atoms with Crippen LogP contribution in [0.25, 0.3) is 0 Å². The second-order valence-corrected chi connectivity index (χ2v) is 8.07. The summed E-state index contributed by atoms with van der Waals surface area (Å²) in [7, 11) is -3.69. The van der Waals surface area contributed by atoms with Gasteiger partial charge in [0.1, 0.15) is 4.21 Å². The number of piperazine rings is 1. The lowest BCUT2D eigenvalue weighted by Gasteiger charge is -2.33. The Labute approximate surface area is 127 Å². The molecule has 2 heterocycles. The molecule has 1 saturated heterocycles. The van der Waals surface area contributed by atoms with Crippen molar-refractivity contribution in [2.75, 3.05) is 38.5 Å². The predicted molar refractivity (Wildman–Crippen MR) is 80.9 cm³/mol. The number of anilines is 1. The van der Waals surface area contributed by atoms with Crippen LogP contribution in [0.4, 0.5) is 10.7 Å². The molecule has 0 amide bonds. The lowest BCUT2D eigenvalue weighted by atomic mass is 10.3. The van der Waals surface area contributed by atoms with Gasteiger partial charge in [0.2, 0.25) is 0 Å². The number of nitrogens with zero attached hydrogens (tertiary/aromatic N) is 3. The van der Waals surface area contributed by atoms with Gasteiger partial charge in [-0.15, -0.1) is 0 Å². The zero-order valence-electron chi connectivity index (χ0n) is 11.7. The maximum absolute atomic E-state index is 12.5. The molecular weight excluding hydrogens is 316 g/mol. The summed E-state index contributed by atoms with van der Waals surface area (Å²) in [6, 6.07) is 1.05. The van der Waals surface area contributed by atoms with Gasteiger partial charge >= 0.3 is 5.69 Å². The molecule has 0 saturated carbocycles. The lowest BCUT2D eigenvalue weighted by molar-refractivity contribution is -0.383. The third-order valence-corrected chi connectivity index (χ3v) is 6.68. The molecule has 1 aromatic rings. The Bertz CT molecular complexity index is 620. The molecule has 0 radical (unpaired) electrons. The molecule has 1 aliphatic rings. The van der Waals surface area contributed by atoms with Gasteiger partial charge in [-0.05, 0) is 13.0 Å².